The average molecular weight is 392 g/mol. The standard InChI is InChI=1S/C23H24N2O4/c1-27-16-17-8-10-18(11-9-17)29-19-14-25(15-19)21-7-5-6-20(23(26)28-2)22(21)24-12-3-4-13-24/h3-13,19H,14-16H2,1-2H3. The van der Waals surface area contributed by atoms with Crippen molar-refractivity contribution in [3.05, 3.63) is 78.1 Å². The summed E-state index contributed by atoms with van der Waals surface area (Å²) in [7, 11) is 3.09. The zero-order valence-corrected chi connectivity index (χ0v) is 16.6. The van der Waals surface area contributed by atoms with Crippen molar-refractivity contribution in [2.45, 2.75) is 12.7 Å². The van der Waals surface area contributed by atoms with Crippen molar-refractivity contribution in [3.63, 3.8) is 0 Å². The molecule has 0 radical (unpaired) electrons. The van der Waals surface area contributed by atoms with E-state index in [1.54, 1.807) is 13.2 Å². The molecule has 0 saturated carbocycles. The lowest BCUT2D eigenvalue weighted by molar-refractivity contribution is 0.0601. The van der Waals surface area contributed by atoms with E-state index < -0.39 is 0 Å². The molecule has 0 N–H and O–H groups in total. The van der Waals surface area contributed by atoms with Crippen molar-refractivity contribution < 1.29 is 19.0 Å². The first-order chi connectivity index (χ1) is 14.2. The quantitative estimate of drug-likeness (QED) is 0.574. The Morgan fingerprint density at radius 3 is 2.38 bits per heavy atom. The summed E-state index contributed by atoms with van der Waals surface area (Å²) in [4.78, 5) is 14.5. The number of ether oxygens (including phenoxy) is 3. The predicted octanol–water partition coefficient (Wildman–Crippen LogP) is 3.68. The first kappa shape index (κ1) is 19.1. The van der Waals surface area contributed by atoms with Gasteiger partial charge in [-0.05, 0) is 42.0 Å². The van der Waals surface area contributed by atoms with Crippen LogP contribution in [0.25, 0.3) is 5.69 Å². The summed E-state index contributed by atoms with van der Waals surface area (Å²) in [5.74, 6) is 0.503. The first-order valence-corrected chi connectivity index (χ1v) is 9.53. The van der Waals surface area contributed by atoms with Crippen LogP contribution in [0.3, 0.4) is 0 Å². The first-order valence-electron chi connectivity index (χ1n) is 9.53. The molecule has 29 heavy (non-hydrogen) atoms. The molecule has 0 amide bonds. The number of aromatic nitrogens is 1. The lowest BCUT2D eigenvalue weighted by Gasteiger charge is -2.41. The minimum absolute atomic E-state index is 0.0996. The van der Waals surface area contributed by atoms with Crippen LogP contribution in [0.4, 0.5) is 5.69 Å². The highest BCUT2D eigenvalue weighted by Gasteiger charge is 2.31. The number of esters is 1. The minimum atomic E-state index is -0.347. The van der Waals surface area contributed by atoms with Crippen molar-refractivity contribution in [1.29, 1.82) is 0 Å². The van der Waals surface area contributed by atoms with Gasteiger partial charge in [-0.25, -0.2) is 4.79 Å². The Hall–Kier alpha value is -3.25. The molecule has 4 rings (SSSR count). The van der Waals surface area contributed by atoms with Gasteiger partial charge in [0.05, 0.1) is 43.7 Å². The fraction of sp³-hybridized carbons (Fsp3) is 0.261. The monoisotopic (exact) mass is 392 g/mol. The molecule has 0 bridgehead atoms. The lowest BCUT2D eigenvalue weighted by Crippen LogP contribution is -2.54. The Bertz CT molecular complexity index is 961. The number of para-hydroxylation sites is 1. The van der Waals surface area contributed by atoms with E-state index in [4.69, 9.17) is 14.2 Å². The minimum Gasteiger partial charge on any atom is -0.487 e. The van der Waals surface area contributed by atoms with Gasteiger partial charge in [-0.3, -0.25) is 0 Å². The molecule has 0 atom stereocenters. The van der Waals surface area contributed by atoms with E-state index in [0.29, 0.717) is 12.2 Å². The van der Waals surface area contributed by atoms with Gasteiger partial charge in [-0.1, -0.05) is 18.2 Å². The van der Waals surface area contributed by atoms with Gasteiger partial charge in [-0.15, -0.1) is 0 Å². The van der Waals surface area contributed by atoms with Crippen molar-refractivity contribution >= 4 is 11.7 Å². The normalized spacial score (nSPS) is 13.8. The van der Waals surface area contributed by atoms with Gasteiger partial charge in [0.25, 0.3) is 0 Å². The summed E-state index contributed by atoms with van der Waals surface area (Å²) in [6.45, 7) is 2.09. The molecule has 2 heterocycles. The Balaban J connectivity index is 1.50. The van der Waals surface area contributed by atoms with E-state index in [2.05, 4.69) is 4.90 Å². The molecule has 0 unspecified atom stereocenters. The van der Waals surface area contributed by atoms with Crippen LogP contribution in [0.2, 0.25) is 0 Å². The maximum atomic E-state index is 12.3. The summed E-state index contributed by atoms with van der Waals surface area (Å²) in [6.07, 6.45) is 3.96. The number of anilines is 1. The number of carbonyl (C=O) groups is 1. The number of rotatable bonds is 7. The van der Waals surface area contributed by atoms with Crippen LogP contribution in [0.5, 0.6) is 5.75 Å². The van der Waals surface area contributed by atoms with Gasteiger partial charge in [-0.2, -0.15) is 0 Å². The topological polar surface area (TPSA) is 52.9 Å². The molecule has 150 valence electrons. The van der Waals surface area contributed by atoms with Crippen LogP contribution in [0.1, 0.15) is 15.9 Å². The van der Waals surface area contributed by atoms with E-state index >= 15 is 0 Å². The fourth-order valence-corrected chi connectivity index (χ4v) is 3.55. The molecular weight excluding hydrogens is 368 g/mol. The molecular formula is C23H24N2O4. The smallest absolute Gasteiger partial charge is 0.340 e. The van der Waals surface area contributed by atoms with E-state index in [0.717, 1.165) is 35.8 Å². The van der Waals surface area contributed by atoms with E-state index in [9.17, 15) is 4.79 Å². The molecule has 2 aromatic carbocycles. The molecule has 6 nitrogen and oxygen atoms in total. The second kappa shape index (κ2) is 8.41. The largest absolute Gasteiger partial charge is 0.487 e. The van der Waals surface area contributed by atoms with Crippen LogP contribution in [-0.4, -0.2) is 43.9 Å². The van der Waals surface area contributed by atoms with E-state index in [-0.39, 0.29) is 12.1 Å². The van der Waals surface area contributed by atoms with Gasteiger partial charge in [0.15, 0.2) is 0 Å². The van der Waals surface area contributed by atoms with Crippen LogP contribution in [0, 0.1) is 0 Å². The second-order valence-corrected chi connectivity index (χ2v) is 6.98. The summed E-state index contributed by atoms with van der Waals surface area (Å²) < 4.78 is 18.2. The zero-order chi connectivity index (χ0) is 20.2. The second-order valence-electron chi connectivity index (χ2n) is 6.98. The lowest BCUT2D eigenvalue weighted by atomic mass is 10.1. The SMILES string of the molecule is COCc1ccc(OC2CN(c3cccc(C(=O)OC)c3-n3cccc3)C2)cc1. The zero-order valence-electron chi connectivity index (χ0n) is 16.6. The number of benzene rings is 2. The Labute approximate surface area is 170 Å². The summed E-state index contributed by atoms with van der Waals surface area (Å²) >= 11 is 0. The number of nitrogens with zero attached hydrogens (tertiary/aromatic N) is 2. The molecule has 1 aliphatic heterocycles. The number of hydrogen-bond donors (Lipinski definition) is 0. The third kappa shape index (κ3) is 3.98. The molecule has 0 spiro atoms. The van der Waals surface area contributed by atoms with Crippen LogP contribution >= 0.6 is 0 Å². The molecule has 6 heteroatoms. The third-order valence-electron chi connectivity index (χ3n) is 5.01. The van der Waals surface area contributed by atoms with Gasteiger partial charge in [0, 0.05) is 19.5 Å². The van der Waals surface area contributed by atoms with Crippen molar-refractivity contribution in [1.82, 2.24) is 4.57 Å². The Kier molecular flexibility index (Phi) is 5.53. The summed E-state index contributed by atoms with van der Waals surface area (Å²) in [5, 5.41) is 0. The molecule has 1 saturated heterocycles. The number of hydrogen-bond acceptors (Lipinski definition) is 5. The summed E-state index contributed by atoms with van der Waals surface area (Å²) in [5.41, 5.74) is 3.47. The third-order valence-corrected chi connectivity index (χ3v) is 5.01. The average Bonchev–Trinajstić information content (AvgIpc) is 3.25. The van der Waals surface area contributed by atoms with Crippen LogP contribution < -0.4 is 9.64 Å². The molecule has 1 aromatic heterocycles. The highest BCUT2D eigenvalue weighted by molar-refractivity contribution is 5.96. The molecule has 0 aliphatic carbocycles. The Morgan fingerprint density at radius 2 is 1.72 bits per heavy atom. The highest BCUT2D eigenvalue weighted by Crippen LogP contribution is 2.33. The maximum Gasteiger partial charge on any atom is 0.340 e. The van der Waals surface area contributed by atoms with Gasteiger partial charge in [0.1, 0.15) is 11.9 Å². The highest BCUT2D eigenvalue weighted by atomic mass is 16.5. The molecule has 1 fully saturated rings. The number of carbonyl (C=O) groups excluding carboxylic acids is 1. The molecule has 1 aliphatic rings. The van der Waals surface area contributed by atoms with Crippen molar-refractivity contribution in [2.75, 3.05) is 32.2 Å². The fourth-order valence-electron chi connectivity index (χ4n) is 3.55. The predicted molar refractivity (Wildman–Crippen MR) is 111 cm³/mol. The maximum absolute atomic E-state index is 12.3. The van der Waals surface area contributed by atoms with Gasteiger partial charge < -0.3 is 23.7 Å². The summed E-state index contributed by atoms with van der Waals surface area (Å²) in [6, 6.07) is 17.5. The van der Waals surface area contributed by atoms with Crippen molar-refractivity contribution in [3.8, 4) is 11.4 Å². The van der Waals surface area contributed by atoms with Crippen LogP contribution in [-0.2, 0) is 16.1 Å². The van der Waals surface area contributed by atoms with Crippen molar-refractivity contribution in [2.24, 2.45) is 0 Å². The van der Waals surface area contributed by atoms with E-state index in [1.165, 1.54) is 7.11 Å². The number of methoxy groups -OCH3 is 2. The molecule has 3 aromatic rings. The van der Waals surface area contributed by atoms with Gasteiger partial charge >= 0.3 is 5.97 Å². The van der Waals surface area contributed by atoms with E-state index in [1.807, 2.05) is 65.5 Å². The Morgan fingerprint density at radius 1 is 1.00 bits per heavy atom. The van der Waals surface area contributed by atoms with Gasteiger partial charge in [0.2, 0.25) is 0 Å². The van der Waals surface area contributed by atoms with Crippen LogP contribution in [0.15, 0.2) is 67.0 Å².